The van der Waals surface area contributed by atoms with Gasteiger partial charge in [-0.2, -0.15) is 0 Å². The van der Waals surface area contributed by atoms with Crippen LogP contribution in [0, 0.1) is 5.92 Å². The third-order valence-electron chi connectivity index (χ3n) is 4.09. The Balaban J connectivity index is 2.04. The number of nitrogens with zero attached hydrogens (tertiary/aromatic N) is 1. The van der Waals surface area contributed by atoms with Crippen molar-refractivity contribution >= 4 is 15.7 Å². The first-order valence-corrected chi connectivity index (χ1v) is 9.07. The van der Waals surface area contributed by atoms with Crippen LogP contribution in [0.4, 0.5) is 0 Å². The van der Waals surface area contributed by atoms with Gasteiger partial charge < -0.3 is 10.2 Å². The molecule has 19 heavy (non-hydrogen) atoms. The molecule has 2 fully saturated rings. The summed E-state index contributed by atoms with van der Waals surface area (Å²) in [5.74, 6) is 0.583. The van der Waals surface area contributed by atoms with Crippen LogP contribution in [0.1, 0.15) is 32.6 Å². The zero-order chi connectivity index (χ0) is 13.9. The Morgan fingerprint density at radius 1 is 1.37 bits per heavy atom. The molecule has 5 nitrogen and oxygen atoms in total. The largest absolute Gasteiger partial charge is 0.338 e. The Kier molecular flexibility index (Phi) is 4.84. The second-order valence-electron chi connectivity index (χ2n) is 5.63. The summed E-state index contributed by atoms with van der Waals surface area (Å²) in [5.41, 5.74) is 0. The van der Waals surface area contributed by atoms with Gasteiger partial charge in [0.15, 0.2) is 9.84 Å². The van der Waals surface area contributed by atoms with Crippen molar-refractivity contribution in [3.8, 4) is 0 Å². The highest BCUT2D eigenvalue weighted by molar-refractivity contribution is 7.91. The zero-order valence-corrected chi connectivity index (χ0v) is 12.4. The predicted octanol–water partition coefficient (Wildman–Crippen LogP) is 0.412. The summed E-state index contributed by atoms with van der Waals surface area (Å²) in [5, 5.41) is 3.21. The van der Waals surface area contributed by atoms with Crippen molar-refractivity contribution in [2.75, 3.05) is 31.1 Å². The number of nitrogens with one attached hydrogen (secondary N) is 1. The number of sulfone groups is 1. The van der Waals surface area contributed by atoms with E-state index in [-0.39, 0.29) is 29.4 Å². The van der Waals surface area contributed by atoms with Crippen molar-refractivity contribution in [2.24, 2.45) is 5.92 Å². The maximum Gasteiger partial charge on any atom is 0.227 e. The summed E-state index contributed by atoms with van der Waals surface area (Å²) in [6.45, 7) is 4.42. The molecular formula is C13H24N2O3S. The molecule has 2 aliphatic rings. The molecular weight excluding hydrogens is 264 g/mol. The topological polar surface area (TPSA) is 66.5 Å². The molecule has 1 N–H and O–H groups in total. The summed E-state index contributed by atoms with van der Waals surface area (Å²) >= 11 is 0. The smallest absolute Gasteiger partial charge is 0.227 e. The van der Waals surface area contributed by atoms with E-state index in [2.05, 4.69) is 12.2 Å². The van der Waals surface area contributed by atoms with Gasteiger partial charge in [0.25, 0.3) is 0 Å². The lowest BCUT2D eigenvalue weighted by atomic mass is 10.0. The monoisotopic (exact) mass is 288 g/mol. The molecule has 1 amide bonds. The standard InChI is InChI=1S/C13H24N2O3S/c1-2-3-7-15(12-5-8-19(17,18)10-12)13(16)11-4-6-14-9-11/h11-12,14H,2-10H2,1H3. The van der Waals surface area contributed by atoms with Crippen LogP contribution in [-0.4, -0.2) is 56.4 Å². The second-order valence-corrected chi connectivity index (χ2v) is 7.86. The van der Waals surface area contributed by atoms with Crippen LogP contribution < -0.4 is 5.32 Å². The molecule has 0 aromatic rings. The third kappa shape index (κ3) is 3.69. The number of carbonyl (C=O) groups excluding carboxylic acids is 1. The molecule has 6 heteroatoms. The molecule has 110 valence electrons. The molecule has 2 aliphatic heterocycles. The second kappa shape index (κ2) is 6.22. The highest BCUT2D eigenvalue weighted by Crippen LogP contribution is 2.22. The van der Waals surface area contributed by atoms with Gasteiger partial charge >= 0.3 is 0 Å². The molecule has 0 aromatic carbocycles. The maximum absolute atomic E-state index is 12.5. The van der Waals surface area contributed by atoms with Crippen molar-refractivity contribution in [2.45, 2.75) is 38.6 Å². The van der Waals surface area contributed by atoms with E-state index in [0.29, 0.717) is 13.0 Å². The average molecular weight is 288 g/mol. The van der Waals surface area contributed by atoms with Crippen LogP contribution in [0.5, 0.6) is 0 Å². The number of carbonyl (C=O) groups is 1. The summed E-state index contributed by atoms with van der Waals surface area (Å²) in [7, 11) is -2.93. The highest BCUT2D eigenvalue weighted by Gasteiger charge is 2.37. The first kappa shape index (κ1) is 14.8. The summed E-state index contributed by atoms with van der Waals surface area (Å²) < 4.78 is 23.2. The van der Waals surface area contributed by atoms with E-state index >= 15 is 0 Å². The third-order valence-corrected chi connectivity index (χ3v) is 5.84. The van der Waals surface area contributed by atoms with Gasteiger partial charge in [0, 0.05) is 19.1 Å². The number of rotatable bonds is 5. The van der Waals surface area contributed by atoms with E-state index in [1.807, 2.05) is 4.90 Å². The Morgan fingerprint density at radius 3 is 2.68 bits per heavy atom. The molecule has 2 atom stereocenters. The molecule has 2 rings (SSSR count). The maximum atomic E-state index is 12.5. The van der Waals surface area contributed by atoms with Crippen LogP contribution in [0.2, 0.25) is 0 Å². The van der Waals surface area contributed by atoms with Crippen molar-refractivity contribution in [3.63, 3.8) is 0 Å². The van der Waals surface area contributed by atoms with E-state index in [9.17, 15) is 13.2 Å². The van der Waals surface area contributed by atoms with Crippen LogP contribution in [0.25, 0.3) is 0 Å². The molecule has 0 aliphatic carbocycles. The molecule has 2 heterocycles. The number of amides is 1. The molecule has 2 saturated heterocycles. The number of hydrogen-bond donors (Lipinski definition) is 1. The minimum absolute atomic E-state index is 0.0418. The van der Waals surface area contributed by atoms with Gasteiger partial charge in [0.1, 0.15) is 0 Å². The van der Waals surface area contributed by atoms with Crippen molar-refractivity contribution in [1.29, 1.82) is 0 Å². The number of unbranched alkanes of at least 4 members (excludes halogenated alkanes) is 1. The Hall–Kier alpha value is -0.620. The van der Waals surface area contributed by atoms with Gasteiger partial charge in [-0.1, -0.05) is 13.3 Å². The van der Waals surface area contributed by atoms with Crippen LogP contribution in [-0.2, 0) is 14.6 Å². The van der Waals surface area contributed by atoms with Gasteiger partial charge in [0.05, 0.1) is 17.4 Å². The molecule has 0 aromatic heterocycles. The normalized spacial score (nSPS) is 29.5. The van der Waals surface area contributed by atoms with Gasteiger partial charge in [-0.15, -0.1) is 0 Å². The molecule has 0 radical (unpaired) electrons. The molecule has 0 spiro atoms. The SMILES string of the molecule is CCCCN(C(=O)C1CCNC1)C1CCS(=O)(=O)C1. The average Bonchev–Trinajstić information content (AvgIpc) is 2.99. The lowest BCUT2D eigenvalue weighted by molar-refractivity contribution is -0.136. The van der Waals surface area contributed by atoms with Crippen LogP contribution in [0.15, 0.2) is 0 Å². The Bertz CT molecular complexity index is 416. The summed E-state index contributed by atoms with van der Waals surface area (Å²) in [6, 6.07) is -0.0929. The first-order chi connectivity index (χ1) is 9.03. The summed E-state index contributed by atoms with van der Waals surface area (Å²) in [6.07, 6.45) is 3.45. The highest BCUT2D eigenvalue weighted by atomic mass is 32.2. The van der Waals surface area contributed by atoms with Crippen molar-refractivity contribution in [3.05, 3.63) is 0 Å². The Morgan fingerprint density at radius 2 is 2.16 bits per heavy atom. The fourth-order valence-electron chi connectivity index (χ4n) is 2.92. The first-order valence-electron chi connectivity index (χ1n) is 7.25. The van der Waals surface area contributed by atoms with Gasteiger partial charge in [0.2, 0.25) is 5.91 Å². The zero-order valence-electron chi connectivity index (χ0n) is 11.6. The summed E-state index contributed by atoms with van der Waals surface area (Å²) in [4.78, 5) is 14.4. The van der Waals surface area contributed by atoms with Crippen LogP contribution >= 0.6 is 0 Å². The van der Waals surface area contributed by atoms with Crippen LogP contribution in [0.3, 0.4) is 0 Å². The van der Waals surface area contributed by atoms with Crippen molar-refractivity contribution < 1.29 is 13.2 Å². The minimum Gasteiger partial charge on any atom is -0.338 e. The van der Waals surface area contributed by atoms with E-state index in [1.165, 1.54) is 0 Å². The van der Waals surface area contributed by atoms with E-state index in [0.717, 1.165) is 32.4 Å². The van der Waals surface area contributed by atoms with E-state index in [1.54, 1.807) is 0 Å². The predicted molar refractivity (Wildman–Crippen MR) is 74.7 cm³/mol. The lowest BCUT2D eigenvalue weighted by Gasteiger charge is -2.30. The molecule has 2 unspecified atom stereocenters. The fraction of sp³-hybridized carbons (Fsp3) is 0.923. The quantitative estimate of drug-likeness (QED) is 0.796. The fourth-order valence-corrected chi connectivity index (χ4v) is 4.65. The van der Waals surface area contributed by atoms with E-state index < -0.39 is 9.84 Å². The lowest BCUT2D eigenvalue weighted by Crippen LogP contribution is -2.45. The van der Waals surface area contributed by atoms with E-state index in [4.69, 9.17) is 0 Å². The Labute approximate surface area is 115 Å². The van der Waals surface area contributed by atoms with Gasteiger partial charge in [-0.05, 0) is 25.8 Å². The van der Waals surface area contributed by atoms with Gasteiger partial charge in [-0.3, -0.25) is 4.79 Å². The molecule has 0 saturated carbocycles. The van der Waals surface area contributed by atoms with Gasteiger partial charge in [-0.25, -0.2) is 8.42 Å². The number of hydrogen-bond acceptors (Lipinski definition) is 4. The van der Waals surface area contributed by atoms with Crippen molar-refractivity contribution in [1.82, 2.24) is 10.2 Å². The minimum atomic E-state index is -2.93. The molecule has 0 bridgehead atoms.